The largest absolute Gasteiger partial charge is 0.481 e. The average Bonchev–Trinajstić information content (AvgIpc) is 3.49. The lowest BCUT2D eigenvalue weighted by Crippen LogP contribution is -2.74. The molecular formula is C38H37NO12. The molecule has 0 saturated carbocycles. The van der Waals surface area contributed by atoms with Crippen molar-refractivity contribution in [2.45, 2.75) is 73.8 Å². The van der Waals surface area contributed by atoms with Crippen LogP contribution in [0, 0.1) is 0 Å². The maximum atomic E-state index is 13.3. The lowest BCUT2D eigenvalue weighted by molar-refractivity contribution is -0.180. The van der Waals surface area contributed by atoms with Crippen LogP contribution in [-0.4, -0.2) is 86.6 Å². The van der Waals surface area contributed by atoms with Crippen molar-refractivity contribution in [2.24, 2.45) is 0 Å². The standard InChI is InChI=1S/C38H37NO12/c1-39-17-16-37-29-23-12-13-24(20-40)30(29)50-33(37)26(14-15-38(37,47)27(39)18-23)48-35(45)25(41)19-28(42)49-32(22-10-6-3-7-11-22)36(46)51-31(34(43)44)21-8-4-2-5-9-21/h2-14,25,27,31-33,40-41,47H,15-20H2,1H3,(H,43,44)/t25-,27+,31-,32-,33-,37-,38+/m0/s1. The number of aliphatic carboxylic acids is 1. The first-order valence-electron chi connectivity index (χ1n) is 16.7. The van der Waals surface area contributed by atoms with E-state index in [2.05, 4.69) is 4.90 Å². The Morgan fingerprint density at radius 2 is 1.61 bits per heavy atom. The van der Waals surface area contributed by atoms with E-state index in [1.807, 2.05) is 13.1 Å². The fraction of sp³-hybridized carbons (Fsp3) is 0.368. The number of carboxylic acids is 1. The molecule has 2 bridgehead atoms. The third-order valence-electron chi connectivity index (χ3n) is 10.6. The van der Waals surface area contributed by atoms with Crippen molar-refractivity contribution in [3.05, 3.63) is 112 Å². The number of aliphatic hydroxyl groups is 3. The van der Waals surface area contributed by atoms with E-state index in [4.69, 9.17) is 18.9 Å². The Labute approximate surface area is 292 Å². The van der Waals surface area contributed by atoms with Gasteiger partial charge in [-0.3, -0.25) is 4.79 Å². The first kappa shape index (κ1) is 34.4. The molecule has 13 nitrogen and oxygen atoms in total. The topological polar surface area (TPSA) is 189 Å². The molecule has 4 N–H and O–H groups in total. The SMILES string of the molecule is CN1CC[C@]23c4c5ccc(CO)c4O[C@H]2C(OC(=O)[C@@H](O)CC(=O)O[C@H](C(=O)O[C@H](C(=O)O)c2ccccc2)c2ccccc2)=CC[C@@]3(O)[C@H]1C5. The Morgan fingerprint density at radius 3 is 2.25 bits per heavy atom. The van der Waals surface area contributed by atoms with Crippen molar-refractivity contribution in [3.63, 3.8) is 0 Å². The molecule has 266 valence electrons. The first-order chi connectivity index (χ1) is 24.5. The minimum Gasteiger partial charge on any atom is -0.481 e. The van der Waals surface area contributed by atoms with Crippen molar-refractivity contribution >= 4 is 23.9 Å². The Kier molecular flexibility index (Phi) is 8.92. The quantitative estimate of drug-likeness (QED) is 0.169. The Balaban J connectivity index is 1.08. The molecular weight excluding hydrogens is 662 g/mol. The van der Waals surface area contributed by atoms with E-state index in [1.165, 1.54) is 24.3 Å². The zero-order valence-electron chi connectivity index (χ0n) is 27.6. The fourth-order valence-corrected chi connectivity index (χ4v) is 8.18. The molecule has 2 heterocycles. The smallest absolute Gasteiger partial charge is 0.353 e. The summed E-state index contributed by atoms with van der Waals surface area (Å²) in [5.74, 6) is -4.44. The number of nitrogens with zero attached hydrogens (tertiary/aromatic N) is 1. The molecule has 0 unspecified atom stereocenters. The number of ether oxygens (including phenoxy) is 4. The van der Waals surface area contributed by atoms with Crippen LogP contribution >= 0.6 is 0 Å². The summed E-state index contributed by atoms with van der Waals surface area (Å²) >= 11 is 0. The van der Waals surface area contributed by atoms with Gasteiger partial charge in [0, 0.05) is 34.7 Å². The lowest BCUT2D eigenvalue weighted by Gasteiger charge is -2.61. The molecule has 1 spiro atoms. The van der Waals surface area contributed by atoms with Gasteiger partial charge in [0.1, 0.15) is 11.5 Å². The molecule has 1 fully saturated rings. The number of likely N-dealkylation sites (N-methyl/N-ethyl adjacent to an activating group) is 1. The molecule has 7 atom stereocenters. The van der Waals surface area contributed by atoms with Crippen LogP contribution in [0.1, 0.15) is 59.3 Å². The molecule has 0 radical (unpaired) electrons. The van der Waals surface area contributed by atoms with Crippen LogP contribution < -0.4 is 4.74 Å². The summed E-state index contributed by atoms with van der Waals surface area (Å²) in [5.41, 5.74) is 0.425. The van der Waals surface area contributed by atoms with Gasteiger partial charge in [0.2, 0.25) is 12.2 Å². The lowest BCUT2D eigenvalue weighted by atomic mass is 9.50. The zero-order valence-corrected chi connectivity index (χ0v) is 27.6. The van der Waals surface area contributed by atoms with Crippen LogP contribution in [-0.2, 0) is 51.8 Å². The van der Waals surface area contributed by atoms with Gasteiger partial charge in [0.15, 0.2) is 12.2 Å². The first-order valence-corrected chi connectivity index (χ1v) is 16.7. The predicted octanol–water partition coefficient (Wildman–Crippen LogP) is 2.40. The summed E-state index contributed by atoms with van der Waals surface area (Å²) < 4.78 is 22.8. The van der Waals surface area contributed by atoms with E-state index < -0.39 is 65.7 Å². The van der Waals surface area contributed by atoms with Crippen molar-refractivity contribution in [2.75, 3.05) is 13.6 Å². The molecule has 13 heteroatoms. The molecule has 3 aromatic carbocycles. The van der Waals surface area contributed by atoms with Crippen LogP contribution in [0.25, 0.3) is 0 Å². The van der Waals surface area contributed by atoms with Gasteiger partial charge in [0.25, 0.3) is 0 Å². The Morgan fingerprint density at radius 1 is 0.941 bits per heavy atom. The molecule has 0 aromatic heterocycles. The van der Waals surface area contributed by atoms with Crippen molar-refractivity contribution < 1.29 is 58.6 Å². The summed E-state index contributed by atoms with van der Waals surface area (Å²) in [4.78, 5) is 53.8. The highest BCUT2D eigenvalue weighted by atomic mass is 16.6. The van der Waals surface area contributed by atoms with Gasteiger partial charge in [-0.15, -0.1) is 0 Å². The van der Waals surface area contributed by atoms with Gasteiger partial charge in [-0.05, 0) is 38.1 Å². The van der Waals surface area contributed by atoms with Gasteiger partial charge in [-0.1, -0.05) is 72.8 Å². The summed E-state index contributed by atoms with van der Waals surface area (Å²) in [7, 11) is 1.96. The van der Waals surface area contributed by atoms with E-state index in [0.717, 1.165) is 11.1 Å². The van der Waals surface area contributed by atoms with Gasteiger partial charge < -0.3 is 44.3 Å². The number of piperidine rings is 1. The second kappa shape index (κ2) is 13.2. The predicted molar refractivity (Wildman–Crippen MR) is 176 cm³/mol. The highest BCUT2D eigenvalue weighted by Gasteiger charge is 2.72. The molecule has 2 aliphatic carbocycles. The van der Waals surface area contributed by atoms with E-state index >= 15 is 0 Å². The van der Waals surface area contributed by atoms with Crippen LogP contribution in [0.3, 0.4) is 0 Å². The zero-order chi connectivity index (χ0) is 36.1. The maximum absolute atomic E-state index is 13.3. The number of carbonyl (C=O) groups is 4. The highest BCUT2D eigenvalue weighted by molar-refractivity contribution is 5.86. The van der Waals surface area contributed by atoms with E-state index in [0.29, 0.717) is 30.7 Å². The number of benzene rings is 3. The number of carboxylic acid groups (broad SMARTS) is 1. The molecule has 0 amide bonds. The van der Waals surface area contributed by atoms with Crippen molar-refractivity contribution in [3.8, 4) is 5.75 Å². The summed E-state index contributed by atoms with van der Waals surface area (Å²) in [6.07, 6.45) is -4.53. The molecule has 1 saturated heterocycles. The minimum atomic E-state index is -2.02. The normalized spacial score (nSPS) is 26.0. The number of likely N-dealkylation sites (tertiary alicyclic amines) is 1. The van der Waals surface area contributed by atoms with Crippen LogP contribution in [0.4, 0.5) is 0 Å². The number of aliphatic hydroxyl groups excluding tert-OH is 2. The number of hydrogen-bond acceptors (Lipinski definition) is 12. The van der Waals surface area contributed by atoms with Crippen molar-refractivity contribution in [1.29, 1.82) is 0 Å². The number of carbonyl (C=O) groups excluding carboxylic acids is 3. The molecule has 7 rings (SSSR count). The summed E-state index contributed by atoms with van der Waals surface area (Å²) in [5, 5.41) is 43.1. The maximum Gasteiger partial charge on any atom is 0.353 e. The summed E-state index contributed by atoms with van der Waals surface area (Å²) in [6, 6.07) is 19.0. The molecule has 3 aromatic rings. The average molecular weight is 700 g/mol. The monoisotopic (exact) mass is 699 g/mol. The van der Waals surface area contributed by atoms with Crippen LogP contribution in [0.2, 0.25) is 0 Å². The number of rotatable bonds is 11. The molecule has 4 aliphatic rings. The minimum absolute atomic E-state index is 0.0692. The third kappa shape index (κ3) is 5.66. The number of esters is 3. The third-order valence-corrected chi connectivity index (χ3v) is 10.6. The summed E-state index contributed by atoms with van der Waals surface area (Å²) in [6.45, 7) is 0.335. The Hall–Kier alpha value is -5.08. The second-order valence-corrected chi connectivity index (χ2v) is 13.4. The van der Waals surface area contributed by atoms with E-state index in [1.54, 1.807) is 48.5 Å². The van der Waals surface area contributed by atoms with E-state index in [9.17, 15) is 39.6 Å². The fourth-order valence-electron chi connectivity index (χ4n) is 8.18. The molecule has 51 heavy (non-hydrogen) atoms. The van der Waals surface area contributed by atoms with Gasteiger partial charge in [0.05, 0.1) is 24.0 Å². The van der Waals surface area contributed by atoms with Crippen LogP contribution in [0.5, 0.6) is 5.75 Å². The van der Waals surface area contributed by atoms with E-state index in [-0.39, 0.29) is 36.0 Å². The number of hydrogen-bond donors (Lipinski definition) is 4. The Bertz CT molecular complexity index is 1900. The second-order valence-electron chi connectivity index (χ2n) is 13.4. The van der Waals surface area contributed by atoms with Gasteiger partial charge in [-0.2, -0.15) is 0 Å². The van der Waals surface area contributed by atoms with Crippen LogP contribution in [0.15, 0.2) is 84.6 Å². The van der Waals surface area contributed by atoms with Gasteiger partial charge >= 0.3 is 23.9 Å². The molecule has 2 aliphatic heterocycles. The van der Waals surface area contributed by atoms with Gasteiger partial charge in [-0.25, -0.2) is 14.4 Å². The highest BCUT2D eigenvalue weighted by Crippen LogP contribution is 2.64. The van der Waals surface area contributed by atoms with Crippen molar-refractivity contribution in [1.82, 2.24) is 4.90 Å².